The van der Waals surface area contributed by atoms with Gasteiger partial charge in [0.25, 0.3) is 11.8 Å². The van der Waals surface area contributed by atoms with Gasteiger partial charge in [-0.15, -0.1) is 0 Å². The van der Waals surface area contributed by atoms with Gasteiger partial charge in [0, 0.05) is 9.26 Å². The zero-order valence-electron chi connectivity index (χ0n) is 11.8. The molecular formula is C16H8Cl2FIN2O2. The Morgan fingerprint density at radius 3 is 2.29 bits per heavy atom. The van der Waals surface area contributed by atoms with Crippen LogP contribution in [0.1, 0.15) is 0 Å². The Kier molecular flexibility index (Phi) is 4.80. The molecule has 0 saturated carbocycles. The minimum Gasteiger partial charge on any atom is -0.350 e. The zero-order valence-corrected chi connectivity index (χ0v) is 15.5. The Bertz CT molecular complexity index is 884. The van der Waals surface area contributed by atoms with Gasteiger partial charge in [-0.2, -0.15) is 0 Å². The van der Waals surface area contributed by atoms with Crippen LogP contribution in [0.15, 0.2) is 53.2 Å². The Hall–Kier alpha value is -1.64. The summed E-state index contributed by atoms with van der Waals surface area (Å²) in [6.45, 7) is 0. The third-order valence-corrected chi connectivity index (χ3v) is 4.66. The first-order chi connectivity index (χ1) is 11.4. The van der Waals surface area contributed by atoms with Gasteiger partial charge in [0.15, 0.2) is 0 Å². The highest BCUT2D eigenvalue weighted by Crippen LogP contribution is 2.31. The summed E-state index contributed by atoms with van der Waals surface area (Å²) in [4.78, 5) is 25.8. The molecule has 2 amide bonds. The van der Waals surface area contributed by atoms with Crippen molar-refractivity contribution in [2.45, 2.75) is 0 Å². The van der Waals surface area contributed by atoms with Crippen molar-refractivity contribution in [1.29, 1.82) is 0 Å². The van der Waals surface area contributed by atoms with Crippen molar-refractivity contribution in [3.63, 3.8) is 0 Å². The van der Waals surface area contributed by atoms with Crippen LogP contribution in [0, 0.1) is 9.39 Å². The lowest BCUT2D eigenvalue weighted by molar-refractivity contribution is -0.120. The van der Waals surface area contributed by atoms with Crippen molar-refractivity contribution in [3.8, 4) is 0 Å². The molecule has 0 aromatic heterocycles. The Morgan fingerprint density at radius 2 is 1.67 bits per heavy atom. The highest BCUT2D eigenvalue weighted by atomic mass is 127. The van der Waals surface area contributed by atoms with Crippen LogP contribution in [0.25, 0.3) is 0 Å². The number of nitrogens with zero attached hydrogens (tertiary/aromatic N) is 1. The number of halogens is 4. The van der Waals surface area contributed by atoms with Gasteiger partial charge < -0.3 is 5.32 Å². The Balaban J connectivity index is 1.91. The summed E-state index contributed by atoms with van der Waals surface area (Å²) in [6.07, 6.45) is 0. The average Bonchev–Trinajstić information content (AvgIpc) is 2.76. The molecule has 122 valence electrons. The van der Waals surface area contributed by atoms with E-state index in [2.05, 4.69) is 27.9 Å². The lowest BCUT2D eigenvalue weighted by atomic mass is 10.3. The first-order valence-corrected chi connectivity index (χ1v) is 8.48. The molecule has 2 aromatic rings. The van der Waals surface area contributed by atoms with E-state index in [-0.39, 0.29) is 15.8 Å². The maximum Gasteiger partial charge on any atom is 0.283 e. The Labute approximate surface area is 160 Å². The first-order valence-electron chi connectivity index (χ1n) is 6.64. The van der Waals surface area contributed by atoms with Crippen LogP contribution in [0.5, 0.6) is 0 Å². The molecule has 0 aliphatic carbocycles. The highest BCUT2D eigenvalue weighted by molar-refractivity contribution is 14.1. The molecule has 0 fully saturated rings. The monoisotopic (exact) mass is 476 g/mol. The topological polar surface area (TPSA) is 49.4 Å². The fourth-order valence-corrected chi connectivity index (χ4v) is 2.91. The van der Waals surface area contributed by atoms with Crippen molar-refractivity contribution in [2.24, 2.45) is 0 Å². The molecule has 1 aliphatic rings. The van der Waals surface area contributed by atoms with Crippen molar-refractivity contribution in [1.82, 2.24) is 0 Å². The largest absolute Gasteiger partial charge is 0.350 e. The van der Waals surface area contributed by atoms with E-state index in [9.17, 15) is 14.0 Å². The van der Waals surface area contributed by atoms with Crippen LogP contribution < -0.4 is 10.2 Å². The SMILES string of the molecule is O=C1C(Cl)=C(Nc2ccc(F)c(Cl)c2)C(=O)N1c1ccc(I)cc1. The molecule has 0 radical (unpaired) electrons. The second kappa shape index (κ2) is 6.70. The van der Waals surface area contributed by atoms with Gasteiger partial charge in [0.1, 0.15) is 16.5 Å². The van der Waals surface area contributed by atoms with Crippen LogP contribution in [-0.4, -0.2) is 11.8 Å². The first kappa shape index (κ1) is 17.2. The maximum absolute atomic E-state index is 13.2. The molecule has 2 aromatic carbocycles. The summed E-state index contributed by atoms with van der Waals surface area (Å²) in [5.41, 5.74) is 0.681. The van der Waals surface area contributed by atoms with E-state index in [1.54, 1.807) is 24.3 Å². The number of imide groups is 1. The van der Waals surface area contributed by atoms with E-state index < -0.39 is 17.6 Å². The molecule has 8 heteroatoms. The van der Waals surface area contributed by atoms with E-state index in [0.717, 1.165) is 14.5 Å². The minimum atomic E-state index is -0.626. The summed E-state index contributed by atoms with van der Waals surface area (Å²) in [6, 6.07) is 10.7. The number of amides is 2. The second-order valence-corrected chi connectivity index (χ2v) is 6.90. The molecule has 0 spiro atoms. The van der Waals surface area contributed by atoms with Gasteiger partial charge in [0.2, 0.25) is 0 Å². The summed E-state index contributed by atoms with van der Waals surface area (Å²) in [7, 11) is 0. The molecule has 3 rings (SSSR count). The lowest BCUT2D eigenvalue weighted by Gasteiger charge is -2.15. The number of hydrogen-bond donors (Lipinski definition) is 1. The maximum atomic E-state index is 13.2. The average molecular weight is 477 g/mol. The zero-order chi connectivity index (χ0) is 17.4. The van der Waals surface area contributed by atoms with Crippen LogP contribution >= 0.6 is 45.8 Å². The van der Waals surface area contributed by atoms with E-state index >= 15 is 0 Å². The van der Waals surface area contributed by atoms with E-state index in [1.165, 1.54) is 12.1 Å². The number of benzene rings is 2. The van der Waals surface area contributed by atoms with Gasteiger partial charge in [-0.3, -0.25) is 9.59 Å². The fraction of sp³-hybridized carbons (Fsp3) is 0. The van der Waals surface area contributed by atoms with Gasteiger partial charge in [-0.25, -0.2) is 9.29 Å². The van der Waals surface area contributed by atoms with Crippen LogP contribution in [0.3, 0.4) is 0 Å². The van der Waals surface area contributed by atoms with E-state index in [4.69, 9.17) is 23.2 Å². The number of rotatable bonds is 3. The van der Waals surface area contributed by atoms with Crippen LogP contribution in [0.4, 0.5) is 15.8 Å². The number of hydrogen-bond acceptors (Lipinski definition) is 3. The van der Waals surface area contributed by atoms with E-state index in [0.29, 0.717) is 11.4 Å². The molecule has 0 atom stereocenters. The lowest BCUT2D eigenvalue weighted by Crippen LogP contribution is -2.32. The minimum absolute atomic E-state index is 0.0807. The quantitative estimate of drug-likeness (QED) is 0.523. The number of carbonyl (C=O) groups is 2. The summed E-state index contributed by atoms with van der Waals surface area (Å²) in [5, 5.41) is 2.39. The van der Waals surface area contributed by atoms with Crippen molar-refractivity contribution < 1.29 is 14.0 Å². The van der Waals surface area contributed by atoms with Crippen molar-refractivity contribution in [2.75, 3.05) is 10.2 Å². The predicted molar refractivity (Wildman–Crippen MR) is 99.6 cm³/mol. The standard InChI is InChI=1S/C16H8Cl2FIN2O2/c17-11-7-9(3-6-12(11)19)21-14-13(18)15(23)22(16(14)24)10-4-1-8(20)2-5-10/h1-7,21H. The predicted octanol–water partition coefficient (Wildman–Crippen LogP) is 4.52. The normalized spacial score (nSPS) is 14.6. The van der Waals surface area contributed by atoms with Gasteiger partial charge in [-0.1, -0.05) is 23.2 Å². The molecule has 0 saturated heterocycles. The summed E-state index contributed by atoms with van der Waals surface area (Å²) in [5.74, 6) is -1.80. The summed E-state index contributed by atoms with van der Waals surface area (Å²) >= 11 is 13.8. The van der Waals surface area contributed by atoms with Gasteiger partial charge >= 0.3 is 0 Å². The fourth-order valence-electron chi connectivity index (χ4n) is 2.15. The van der Waals surface area contributed by atoms with Crippen molar-refractivity contribution >= 4 is 69.0 Å². The molecule has 24 heavy (non-hydrogen) atoms. The third-order valence-electron chi connectivity index (χ3n) is 3.30. The molecule has 4 nitrogen and oxygen atoms in total. The molecule has 1 aliphatic heterocycles. The molecule has 0 unspecified atom stereocenters. The number of anilines is 2. The smallest absolute Gasteiger partial charge is 0.283 e. The summed E-state index contributed by atoms with van der Waals surface area (Å²) < 4.78 is 14.2. The molecule has 1 heterocycles. The molecule has 0 bridgehead atoms. The van der Waals surface area contributed by atoms with E-state index in [1.807, 2.05) is 0 Å². The van der Waals surface area contributed by atoms with Crippen LogP contribution in [0.2, 0.25) is 5.02 Å². The molecule has 1 N–H and O–H groups in total. The second-order valence-electron chi connectivity index (χ2n) is 4.87. The molecular weight excluding hydrogens is 469 g/mol. The number of carbonyl (C=O) groups excluding carboxylic acids is 2. The van der Waals surface area contributed by atoms with Gasteiger partial charge in [-0.05, 0) is 65.1 Å². The van der Waals surface area contributed by atoms with Crippen LogP contribution in [-0.2, 0) is 9.59 Å². The highest BCUT2D eigenvalue weighted by Gasteiger charge is 2.38. The van der Waals surface area contributed by atoms with Crippen molar-refractivity contribution in [3.05, 3.63) is 67.6 Å². The number of nitrogens with one attached hydrogen (secondary N) is 1. The third kappa shape index (κ3) is 3.13. The Morgan fingerprint density at radius 1 is 1.00 bits per heavy atom. The van der Waals surface area contributed by atoms with Gasteiger partial charge in [0.05, 0.1) is 10.7 Å².